The van der Waals surface area contributed by atoms with Crippen LogP contribution in [0.25, 0.3) is 22.2 Å². The van der Waals surface area contributed by atoms with Crippen molar-refractivity contribution in [3.63, 3.8) is 0 Å². The molecule has 0 amide bonds. The second kappa shape index (κ2) is 10.3. The van der Waals surface area contributed by atoms with E-state index < -0.39 is 5.97 Å². The summed E-state index contributed by atoms with van der Waals surface area (Å²) in [4.78, 5) is 16.2. The highest BCUT2D eigenvalue weighted by molar-refractivity contribution is 6.42. The number of hydrogen-bond acceptors (Lipinski definition) is 3. The molecule has 35 heavy (non-hydrogen) atoms. The van der Waals surface area contributed by atoms with Crippen LogP contribution in [0, 0.1) is 0 Å². The molecular formula is C29H21Cl2NO3. The number of benzene rings is 4. The second-order valence-electron chi connectivity index (χ2n) is 8.08. The summed E-state index contributed by atoms with van der Waals surface area (Å²) in [5, 5.41) is 1.89. The van der Waals surface area contributed by atoms with Gasteiger partial charge in [-0.1, -0.05) is 83.9 Å². The summed E-state index contributed by atoms with van der Waals surface area (Å²) in [6.45, 7) is 0.555. The molecule has 0 radical (unpaired) electrons. The fourth-order valence-electron chi connectivity index (χ4n) is 3.80. The Morgan fingerprint density at radius 1 is 0.743 bits per heavy atom. The van der Waals surface area contributed by atoms with Gasteiger partial charge in [0.1, 0.15) is 19.0 Å². The highest BCUT2D eigenvalue weighted by Crippen LogP contribution is 2.35. The van der Waals surface area contributed by atoms with E-state index >= 15 is 0 Å². The van der Waals surface area contributed by atoms with Gasteiger partial charge in [0.2, 0.25) is 0 Å². The van der Waals surface area contributed by atoms with Crippen LogP contribution in [0.1, 0.15) is 21.5 Å². The third-order valence-electron chi connectivity index (χ3n) is 5.62. The van der Waals surface area contributed by atoms with E-state index in [1.54, 1.807) is 18.2 Å². The van der Waals surface area contributed by atoms with Crippen LogP contribution in [0.4, 0.5) is 0 Å². The number of carbonyl (C=O) groups is 1. The Kier molecular flexibility index (Phi) is 6.75. The van der Waals surface area contributed by atoms with Crippen LogP contribution in [0.3, 0.4) is 0 Å². The van der Waals surface area contributed by atoms with E-state index in [-0.39, 0.29) is 6.61 Å². The van der Waals surface area contributed by atoms with Crippen LogP contribution in [0.5, 0.6) is 5.75 Å². The first-order valence-electron chi connectivity index (χ1n) is 11.1. The number of aromatic nitrogens is 1. The largest absolute Gasteiger partial charge is 0.488 e. The van der Waals surface area contributed by atoms with Gasteiger partial charge in [-0.2, -0.15) is 0 Å². The number of aromatic amines is 1. The van der Waals surface area contributed by atoms with E-state index in [4.69, 9.17) is 32.7 Å². The number of ether oxygens (including phenoxy) is 2. The molecule has 0 aliphatic rings. The molecule has 4 nitrogen and oxygen atoms in total. The fourth-order valence-corrected chi connectivity index (χ4v) is 4.14. The first-order chi connectivity index (χ1) is 17.1. The van der Waals surface area contributed by atoms with E-state index in [1.807, 2.05) is 78.9 Å². The lowest BCUT2D eigenvalue weighted by Gasteiger charge is -2.13. The van der Waals surface area contributed by atoms with E-state index in [9.17, 15) is 4.79 Å². The van der Waals surface area contributed by atoms with Crippen molar-refractivity contribution in [1.29, 1.82) is 0 Å². The SMILES string of the molecule is O=C(OCc1ccccc1)c1ccc(-c2cc3cc(Cl)c(Cl)cc3[nH]2)c(OCc2ccccc2)c1. The van der Waals surface area contributed by atoms with E-state index in [2.05, 4.69) is 4.98 Å². The second-order valence-corrected chi connectivity index (χ2v) is 8.90. The highest BCUT2D eigenvalue weighted by Gasteiger charge is 2.16. The molecule has 1 heterocycles. The third kappa shape index (κ3) is 5.35. The molecule has 0 bridgehead atoms. The number of carbonyl (C=O) groups excluding carboxylic acids is 1. The summed E-state index contributed by atoms with van der Waals surface area (Å²) in [6, 6.07) is 30.3. The van der Waals surface area contributed by atoms with Crippen LogP contribution in [0.15, 0.2) is 97.1 Å². The van der Waals surface area contributed by atoms with Crippen molar-refractivity contribution >= 4 is 40.1 Å². The third-order valence-corrected chi connectivity index (χ3v) is 6.34. The maximum absolute atomic E-state index is 12.8. The zero-order valence-corrected chi connectivity index (χ0v) is 20.1. The van der Waals surface area contributed by atoms with Gasteiger partial charge in [-0.15, -0.1) is 0 Å². The zero-order valence-electron chi connectivity index (χ0n) is 18.6. The number of H-pyrrole nitrogens is 1. The smallest absolute Gasteiger partial charge is 0.338 e. The molecule has 4 aromatic carbocycles. The van der Waals surface area contributed by atoms with Gasteiger partial charge in [0, 0.05) is 16.5 Å². The monoisotopic (exact) mass is 501 g/mol. The minimum Gasteiger partial charge on any atom is -0.488 e. The Labute approximate surface area is 213 Å². The Morgan fingerprint density at radius 3 is 2.11 bits per heavy atom. The van der Waals surface area contributed by atoms with Crippen molar-refractivity contribution in [2.24, 2.45) is 0 Å². The first-order valence-corrected chi connectivity index (χ1v) is 11.8. The summed E-state index contributed by atoms with van der Waals surface area (Å²) in [6.07, 6.45) is 0. The molecule has 0 aliphatic heterocycles. The molecule has 1 aromatic heterocycles. The summed E-state index contributed by atoms with van der Waals surface area (Å²) in [7, 11) is 0. The molecule has 1 N–H and O–H groups in total. The Morgan fingerprint density at radius 2 is 1.40 bits per heavy atom. The van der Waals surface area contributed by atoms with E-state index in [0.717, 1.165) is 33.3 Å². The zero-order chi connectivity index (χ0) is 24.2. The van der Waals surface area contributed by atoms with Crippen molar-refractivity contribution in [2.75, 3.05) is 0 Å². The van der Waals surface area contributed by atoms with Gasteiger partial charge in [-0.05, 0) is 47.5 Å². The molecule has 0 unspecified atom stereocenters. The molecule has 174 valence electrons. The Bertz CT molecular complexity index is 1440. The number of hydrogen-bond donors (Lipinski definition) is 1. The molecule has 6 heteroatoms. The van der Waals surface area contributed by atoms with Crippen LogP contribution in [-0.2, 0) is 18.0 Å². The molecule has 5 aromatic rings. The van der Waals surface area contributed by atoms with E-state index in [0.29, 0.717) is 28.0 Å². The van der Waals surface area contributed by atoms with Crippen molar-refractivity contribution in [3.05, 3.63) is 124 Å². The van der Waals surface area contributed by atoms with Gasteiger partial charge in [-0.3, -0.25) is 0 Å². The summed E-state index contributed by atoms with van der Waals surface area (Å²) in [5.41, 5.74) is 4.85. The topological polar surface area (TPSA) is 51.3 Å². The van der Waals surface area contributed by atoms with Gasteiger partial charge in [0.05, 0.1) is 21.3 Å². The van der Waals surface area contributed by atoms with Crippen molar-refractivity contribution in [3.8, 4) is 17.0 Å². The van der Waals surface area contributed by atoms with Gasteiger partial charge < -0.3 is 14.5 Å². The number of rotatable bonds is 7. The Hall–Kier alpha value is -3.73. The van der Waals surface area contributed by atoms with Crippen molar-refractivity contribution in [1.82, 2.24) is 4.98 Å². The molecular weight excluding hydrogens is 481 g/mol. The van der Waals surface area contributed by atoms with Gasteiger partial charge in [0.15, 0.2) is 0 Å². The molecule has 0 saturated carbocycles. The summed E-state index contributed by atoms with van der Waals surface area (Å²) < 4.78 is 11.7. The van der Waals surface area contributed by atoms with Crippen LogP contribution < -0.4 is 4.74 Å². The number of nitrogens with one attached hydrogen (secondary N) is 1. The highest BCUT2D eigenvalue weighted by atomic mass is 35.5. The maximum Gasteiger partial charge on any atom is 0.338 e. The molecule has 0 saturated heterocycles. The van der Waals surface area contributed by atoms with Gasteiger partial charge in [-0.25, -0.2) is 4.79 Å². The number of fused-ring (bicyclic) bond motifs is 1. The lowest BCUT2D eigenvalue weighted by molar-refractivity contribution is 0.0472. The number of halogens is 2. The van der Waals surface area contributed by atoms with Crippen molar-refractivity contribution in [2.45, 2.75) is 13.2 Å². The fraction of sp³-hybridized carbons (Fsp3) is 0.0690. The first kappa shape index (κ1) is 23.0. The summed E-state index contributed by atoms with van der Waals surface area (Å²) >= 11 is 12.4. The molecule has 0 fully saturated rings. The average Bonchev–Trinajstić information content (AvgIpc) is 3.29. The van der Waals surface area contributed by atoms with Crippen LogP contribution >= 0.6 is 23.2 Å². The van der Waals surface area contributed by atoms with Crippen molar-refractivity contribution < 1.29 is 14.3 Å². The van der Waals surface area contributed by atoms with Crippen LogP contribution in [-0.4, -0.2) is 11.0 Å². The lowest BCUT2D eigenvalue weighted by atomic mass is 10.1. The summed E-state index contributed by atoms with van der Waals surface area (Å²) in [5.74, 6) is 0.145. The molecule has 5 rings (SSSR count). The Balaban J connectivity index is 1.46. The predicted octanol–water partition coefficient (Wildman–Crippen LogP) is 8.08. The normalized spacial score (nSPS) is 10.9. The minimum absolute atomic E-state index is 0.200. The van der Waals surface area contributed by atoms with Crippen LogP contribution in [0.2, 0.25) is 10.0 Å². The quantitative estimate of drug-likeness (QED) is 0.229. The standard InChI is InChI=1S/C29H21Cl2NO3/c30-24-13-22-14-27(32-26(22)16-25(24)31)23-12-11-21(29(33)35-18-20-9-5-2-6-10-20)15-28(23)34-17-19-7-3-1-4-8-19/h1-16,32H,17-18H2. The molecule has 0 aliphatic carbocycles. The molecule has 0 spiro atoms. The number of esters is 1. The van der Waals surface area contributed by atoms with E-state index in [1.165, 1.54) is 0 Å². The van der Waals surface area contributed by atoms with Gasteiger partial charge >= 0.3 is 5.97 Å². The lowest BCUT2D eigenvalue weighted by Crippen LogP contribution is -2.06. The minimum atomic E-state index is -0.417. The molecule has 0 atom stereocenters. The average molecular weight is 502 g/mol. The predicted molar refractivity (Wildman–Crippen MR) is 140 cm³/mol. The van der Waals surface area contributed by atoms with Gasteiger partial charge in [0.25, 0.3) is 0 Å². The maximum atomic E-state index is 12.8.